The molecule has 0 aliphatic rings. The zero-order chi connectivity index (χ0) is 44.4. The Labute approximate surface area is 373 Å². The predicted molar refractivity (Wildman–Crippen MR) is 253 cm³/mol. The minimum absolute atomic E-state index is 0.0540. The molecular formula is C54H49N3O5S. The topological polar surface area (TPSA) is 116 Å². The first-order valence-corrected chi connectivity index (χ1v) is 21.7. The minimum Gasteiger partial charge on any atom is -0.465 e. The maximum absolute atomic E-state index is 14.9. The molecule has 0 aliphatic carbocycles. The summed E-state index contributed by atoms with van der Waals surface area (Å²) < 4.78 is -0.836. The van der Waals surface area contributed by atoms with Crippen LogP contribution in [0.5, 0.6) is 0 Å². The van der Waals surface area contributed by atoms with Crippen molar-refractivity contribution < 1.29 is 24.3 Å². The van der Waals surface area contributed by atoms with Crippen molar-refractivity contribution in [2.75, 3.05) is 16.4 Å². The second-order valence-electron chi connectivity index (χ2n) is 16.1. The van der Waals surface area contributed by atoms with Crippen molar-refractivity contribution in [1.82, 2.24) is 4.90 Å². The van der Waals surface area contributed by atoms with E-state index in [1.54, 1.807) is 57.2 Å². The van der Waals surface area contributed by atoms with Crippen LogP contribution in [0.3, 0.4) is 0 Å². The van der Waals surface area contributed by atoms with Gasteiger partial charge in [0.25, 0.3) is 0 Å². The SMILES string of the molecule is CC(C)(C)N(C(=O)O)[C@@H](CSC(c1ccccc1)(c1ccccc1)c1ccccc1)C(=O)Nc1ccc(NC(=O)C(c2ccccc2)c2ccccc2)c(C(=O)c2ccccc2)c1. The number of carboxylic acid groups (broad SMARTS) is 1. The first-order valence-electron chi connectivity index (χ1n) is 20.8. The fourth-order valence-corrected chi connectivity index (χ4v) is 9.62. The van der Waals surface area contributed by atoms with Crippen LogP contribution in [0.1, 0.15) is 70.4 Å². The van der Waals surface area contributed by atoms with Crippen molar-refractivity contribution >= 4 is 46.8 Å². The maximum atomic E-state index is 14.9. The second kappa shape index (κ2) is 19.6. The molecule has 7 aromatic rings. The Morgan fingerprint density at radius 3 is 1.41 bits per heavy atom. The van der Waals surface area contributed by atoms with E-state index in [9.17, 15) is 24.3 Å². The van der Waals surface area contributed by atoms with E-state index < -0.39 is 34.2 Å². The van der Waals surface area contributed by atoms with Crippen molar-refractivity contribution in [3.05, 3.63) is 239 Å². The van der Waals surface area contributed by atoms with Crippen LogP contribution < -0.4 is 10.6 Å². The first kappa shape index (κ1) is 43.8. The van der Waals surface area contributed by atoms with E-state index >= 15 is 0 Å². The fourth-order valence-electron chi connectivity index (χ4n) is 8.01. The van der Waals surface area contributed by atoms with Gasteiger partial charge < -0.3 is 15.7 Å². The zero-order valence-corrected chi connectivity index (χ0v) is 36.2. The number of hydrogen-bond donors (Lipinski definition) is 3. The Morgan fingerprint density at radius 1 is 0.556 bits per heavy atom. The van der Waals surface area contributed by atoms with Crippen LogP contribution in [0.2, 0.25) is 0 Å². The molecule has 8 nitrogen and oxygen atoms in total. The van der Waals surface area contributed by atoms with Gasteiger partial charge in [-0.25, -0.2) is 4.79 Å². The Bertz CT molecular complexity index is 2510. The molecule has 1 atom stereocenters. The smallest absolute Gasteiger partial charge is 0.408 e. The fraction of sp³-hybridized carbons (Fsp3) is 0.148. The molecule has 0 spiro atoms. The van der Waals surface area contributed by atoms with Gasteiger partial charge in [0.15, 0.2) is 5.78 Å². The maximum Gasteiger partial charge on any atom is 0.408 e. The lowest BCUT2D eigenvalue weighted by molar-refractivity contribution is -0.121. The van der Waals surface area contributed by atoms with Crippen molar-refractivity contribution in [2.45, 2.75) is 43.0 Å². The number of rotatable bonds is 15. The third-order valence-corrected chi connectivity index (χ3v) is 12.5. The van der Waals surface area contributed by atoms with E-state index in [0.29, 0.717) is 5.56 Å². The number of carbonyl (C=O) groups is 4. The van der Waals surface area contributed by atoms with Gasteiger partial charge in [-0.15, -0.1) is 11.8 Å². The average molecular weight is 852 g/mol. The van der Waals surface area contributed by atoms with E-state index in [2.05, 4.69) is 10.6 Å². The number of ketones is 1. The molecule has 63 heavy (non-hydrogen) atoms. The Hall–Kier alpha value is -7.23. The monoisotopic (exact) mass is 851 g/mol. The second-order valence-corrected chi connectivity index (χ2v) is 17.4. The highest BCUT2D eigenvalue weighted by atomic mass is 32.2. The number of thioether (sulfide) groups is 1. The van der Waals surface area contributed by atoms with E-state index in [4.69, 9.17) is 0 Å². The van der Waals surface area contributed by atoms with Crippen molar-refractivity contribution in [1.29, 1.82) is 0 Å². The summed E-state index contributed by atoms with van der Waals surface area (Å²) in [6.45, 7) is 5.28. The van der Waals surface area contributed by atoms with E-state index in [-0.39, 0.29) is 34.4 Å². The normalized spacial score (nSPS) is 11.9. The molecule has 316 valence electrons. The average Bonchev–Trinajstić information content (AvgIpc) is 3.30. The predicted octanol–water partition coefficient (Wildman–Crippen LogP) is 11.5. The number of amides is 3. The van der Waals surface area contributed by atoms with E-state index in [1.807, 2.05) is 158 Å². The number of anilines is 2. The van der Waals surface area contributed by atoms with Crippen LogP contribution >= 0.6 is 11.8 Å². The Morgan fingerprint density at radius 2 is 0.984 bits per heavy atom. The lowest BCUT2D eigenvalue weighted by Crippen LogP contribution is -2.57. The highest BCUT2D eigenvalue weighted by Gasteiger charge is 2.43. The number of nitrogens with one attached hydrogen (secondary N) is 2. The number of nitrogens with zero attached hydrogens (tertiary/aromatic N) is 1. The molecule has 0 fully saturated rings. The van der Waals surface area contributed by atoms with E-state index in [0.717, 1.165) is 27.8 Å². The van der Waals surface area contributed by atoms with Gasteiger partial charge in [-0.1, -0.05) is 182 Å². The van der Waals surface area contributed by atoms with Gasteiger partial charge in [0.2, 0.25) is 11.8 Å². The molecule has 3 N–H and O–H groups in total. The molecule has 3 amide bonds. The number of carbonyl (C=O) groups excluding carboxylic acids is 3. The summed E-state index contributed by atoms with van der Waals surface area (Å²) in [5.74, 6) is -1.92. The highest BCUT2D eigenvalue weighted by molar-refractivity contribution is 8.00. The molecule has 0 unspecified atom stereocenters. The third-order valence-electron chi connectivity index (χ3n) is 10.9. The van der Waals surface area contributed by atoms with Gasteiger partial charge in [0, 0.05) is 28.1 Å². The number of hydrogen-bond acceptors (Lipinski definition) is 5. The van der Waals surface area contributed by atoms with Gasteiger partial charge in [0.1, 0.15) is 6.04 Å². The van der Waals surface area contributed by atoms with Crippen LogP contribution in [0.25, 0.3) is 0 Å². The standard InChI is InChI=1S/C54H49N3O5S/c1-53(2,3)57(52(61)62)47(37-63-54(41-28-16-7-17-29-41,42-30-18-8-19-31-42)43-32-20-9-21-33-43)50(59)55-44-34-35-46(45(36-44)49(58)40-26-14-6-15-27-40)56-51(60)48(38-22-10-4-11-23-38)39-24-12-5-13-25-39/h4-36,47-48H,37H2,1-3H3,(H,55,59)(H,56,60)(H,61,62)/t47-/m0/s1. The van der Waals surface area contributed by atoms with Gasteiger partial charge >= 0.3 is 6.09 Å². The summed E-state index contributed by atoms with van der Waals surface area (Å²) in [6.07, 6.45) is -1.25. The molecule has 0 aliphatic heterocycles. The van der Waals surface area contributed by atoms with Crippen LogP contribution in [-0.4, -0.2) is 51.0 Å². The van der Waals surface area contributed by atoms with Gasteiger partial charge in [-0.2, -0.15) is 0 Å². The third kappa shape index (κ3) is 9.96. The van der Waals surface area contributed by atoms with Gasteiger partial charge in [-0.05, 0) is 66.8 Å². The highest BCUT2D eigenvalue weighted by Crippen LogP contribution is 2.49. The van der Waals surface area contributed by atoms with Gasteiger partial charge in [-0.3, -0.25) is 19.3 Å². The van der Waals surface area contributed by atoms with Crippen molar-refractivity contribution in [2.24, 2.45) is 0 Å². The summed E-state index contributed by atoms with van der Waals surface area (Å²) in [5.41, 5.74) is 4.53. The summed E-state index contributed by atoms with van der Waals surface area (Å²) in [6, 6.07) is 61.1. The molecule has 0 heterocycles. The van der Waals surface area contributed by atoms with Crippen molar-refractivity contribution in [3.8, 4) is 0 Å². The first-order chi connectivity index (χ1) is 30.5. The van der Waals surface area contributed by atoms with E-state index in [1.165, 1.54) is 22.7 Å². The molecule has 0 radical (unpaired) electrons. The Kier molecular flexibility index (Phi) is 13.7. The molecular weight excluding hydrogens is 803 g/mol. The molecule has 0 saturated carbocycles. The lowest BCUT2D eigenvalue weighted by Gasteiger charge is -2.41. The molecule has 7 rings (SSSR count). The van der Waals surface area contributed by atoms with Crippen LogP contribution in [0.15, 0.2) is 200 Å². The molecule has 0 aromatic heterocycles. The Balaban J connectivity index is 1.27. The lowest BCUT2D eigenvalue weighted by atomic mass is 9.84. The quantitative estimate of drug-likeness (QED) is 0.0699. The van der Waals surface area contributed by atoms with Crippen LogP contribution in [0, 0.1) is 0 Å². The summed E-state index contributed by atoms with van der Waals surface area (Å²) in [7, 11) is 0. The van der Waals surface area contributed by atoms with Crippen LogP contribution in [-0.2, 0) is 14.3 Å². The number of benzene rings is 7. The summed E-state index contributed by atoms with van der Waals surface area (Å²) in [5, 5.41) is 16.8. The largest absolute Gasteiger partial charge is 0.465 e. The molecule has 0 bridgehead atoms. The molecule has 7 aromatic carbocycles. The van der Waals surface area contributed by atoms with Crippen LogP contribution in [0.4, 0.5) is 16.2 Å². The summed E-state index contributed by atoms with van der Waals surface area (Å²) in [4.78, 5) is 57.9. The minimum atomic E-state index is -1.25. The van der Waals surface area contributed by atoms with Crippen molar-refractivity contribution in [3.63, 3.8) is 0 Å². The molecule has 0 saturated heterocycles. The molecule has 9 heteroatoms. The van der Waals surface area contributed by atoms with Gasteiger partial charge in [0.05, 0.1) is 16.4 Å². The summed E-state index contributed by atoms with van der Waals surface area (Å²) >= 11 is 1.48. The zero-order valence-electron chi connectivity index (χ0n) is 35.4.